The van der Waals surface area contributed by atoms with Crippen LogP contribution < -0.4 is 10.1 Å². The number of ether oxygens (including phenoxy) is 2. The van der Waals surface area contributed by atoms with Crippen molar-refractivity contribution in [3.05, 3.63) is 59.7 Å². The van der Waals surface area contributed by atoms with E-state index in [2.05, 4.69) is 17.3 Å². The monoisotopic (exact) mass is 326 g/mol. The lowest BCUT2D eigenvalue weighted by molar-refractivity contribution is -0.0208. The summed E-state index contributed by atoms with van der Waals surface area (Å²) in [6.45, 7) is 2.53. The number of likely N-dealkylation sites (N-methyl/N-ethyl adjacent to an activating group) is 1. The van der Waals surface area contributed by atoms with Crippen LogP contribution in [0, 0.1) is 0 Å². The topological polar surface area (TPSA) is 50.8 Å². The molecule has 1 aliphatic rings. The van der Waals surface area contributed by atoms with Crippen molar-refractivity contribution in [2.24, 2.45) is 0 Å². The summed E-state index contributed by atoms with van der Waals surface area (Å²) in [5.74, 6) is 0.503. The number of morpholine rings is 1. The van der Waals surface area contributed by atoms with Crippen LogP contribution in [0.2, 0.25) is 0 Å². The highest BCUT2D eigenvalue weighted by Gasteiger charge is 2.19. The first-order valence-corrected chi connectivity index (χ1v) is 8.01. The van der Waals surface area contributed by atoms with Crippen LogP contribution in [-0.4, -0.2) is 44.7 Å². The van der Waals surface area contributed by atoms with Crippen LogP contribution >= 0.6 is 0 Å². The molecule has 5 heteroatoms. The normalized spacial score (nSPS) is 18.2. The molecule has 0 aromatic heterocycles. The van der Waals surface area contributed by atoms with Gasteiger partial charge in [0.1, 0.15) is 5.75 Å². The van der Waals surface area contributed by atoms with Crippen molar-refractivity contribution in [3.63, 3.8) is 0 Å². The molecule has 1 N–H and O–H groups in total. The number of benzene rings is 2. The molecule has 0 spiro atoms. The highest BCUT2D eigenvalue weighted by atomic mass is 16.5. The van der Waals surface area contributed by atoms with Crippen LogP contribution in [0.25, 0.3) is 0 Å². The van der Waals surface area contributed by atoms with Gasteiger partial charge in [-0.05, 0) is 42.9 Å². The maximum atomic E-state index is 12.4. The summed E-state index contributed by atoms with van der Waals surface area (Å²) < 4.78 is 11.0. The van der Waals surface area contributed by atoms with Crippen molar-refractivity contribution in [2.45, 2.75) is 6.10 Å². The molecule has 0 aliphatic carbocycles. The van der Waals surface area contributed by atoms with Gasteiger partial charge in [0.25, 0.3) is 5.91 Å². The van der Waals surface area contributed by atoms with Crippen molar-refractivity contribution >= 4 is 11.6 Å². The Balaban J connectivity index is 1.73. The minimum atomic E-state index is -0.160. The molecule has 0 bridgehead atoms. The largest absolute Gasteiger partial charge is 0.497 e. The number of amides is 1. The molecule has 1 atom stereocenters. The van der Waals surface area contributed by atoms with Gasteiger partial charge >= 0.3 is 0 Å². The molecule has 2 aromatic carbocycles. The number of methoxy groups -OCH3 is 1. The lowest BCUT2D eigenvalue weighted by atomic mass is 10.1. The van der Waals surface area contributed by atoms with Gasteiger partial charge in [0.15, 0.2) is 0 Å². The van der Waals surface area contributed by atoms with E-state index in [0.29, 0.717) is 11.3 Å². The number of hydrogen-bond acceptors (Lipinski definition) is 4. The van der Waals surface area contributed by atoms with Gasteiger partial charge in [-0.3, -0.25) is 4.79 Å². The van der Waals surface area contributed by atoms with Crippen LogP contribution in [0.4, 0.5) is 5.69 Å². The minimum Gasteiger partial charge on any atom is -0.497 e. The molecule has 3 rings (SSSR count). The van der Waals surface area contributed by atoms with Gasteiger partial charge in [0, 0.05) is 24.3 Å². The summed E-state index contributed by atoms with van der Waals surface area (Å²) in [5, 5.41) is 2.94. The third kappa shape index (κ3) is 3.93. The molecular formula is C19H22N2O3. The fourth-order valence-corrected chi connectivity index (χ4v) is 2.76. The first-order valence-electron chi connectivity index (χ1n) is 8.01. The summed E-state index contributed by atoms with van der Waals surface area (Å²) in [5.41, 5.74) is 2.40. The van der Waals surface area contributed by atoms with Crippen molar-refractivity contribution < 1.29 is 14.3 Å². The maximum absolute atomic E-state index is 12.4. The van der Waals surface area contributed by atoms with E-state index >= 15 is 0 Å². The Morgan fingerprint density at radius 2 is 2.08 bits per heavy atom. The summed E-state index contributed by atoms with van der Waals surface area (Å²) in [6.07, 6.45) is 0.0393. The molecule has 24 heavy (non-hydrogen) atoms. The molecule has 1 amide bonds. The van der Waals surface area contributed by atoms with Crippen LogP contribution in [0.5, 0.6) is 5.75 Å². The Bertz CT molecular complexity index is 717. The van der Waals surface area contributed by atoms with E-state index in [1.807, 2.05) is 30.3 Å². The van der Waals surface area contributed by atoms with E-state index in [4.69, 9.17) is 9.47 Å². The zero-order valence-electron chi connectivity index (χ0n) is 14.0. The van der Waals surface area contributed by atoms with E-state index in [-0.39, 0.29) is 12.0 Å². The average molecular weight is 326 g/mol. The Kier molecular flexibility index (Phi) is 5.13. The van der Waals surface area contributed by atoms with Gasteiger partial charge in [0.05, 0.1) is 19.8 Å². The van der Waals surface area contributed by atoms with Crippen LogP contribution in [0.1, 0.15) is 22.0 Å². The van der Waals surface area contributed by atoms with E-state index in [1.165, 1.54) is 0 Å². The Labute approximate surface area is 142 Å². The SMILES string of the molecule is COc1cccc(C(=O)Nc2cccc(C3CN(C)CCO3)c2)c1. The summed E-state index contributed by atoms with van der Waals surface area (Å²) in [7, 11) is 3.67. The zero-order valence-corrected chi connectivity index (χ0v) is 14.0. The third-order valence-corrected chi connectivity index (χ3v) is 4.12. The average Bonchev–Trinajstić information content (AvgIpc) is 2.62. The van der Waals surface area contributed by atoms with Crippen LogP contribution in [-0.2, 0) is 4.74 Å². The maximum Gasteiger partial charge on any atom is 0.255 e. The lowest BCUT2D eigenvalue weighted by Gasteiger charge is -2.30. The van der Waals surface area contributed by atoms with Gasteiger partial charge in [-0.2, -0.15) is 0 Å². The fourth-order valence-electron chi connectivity index (χ4n) is 2.76. The molecule has 5 nitrogen and oxygen atoms in total. The first kappa shape index (κ1) is 16.5. The van der Waals surface area contributed by atoms with Gasteiger partial charge in [-0.25, -0.2) is 0 Å². The highest BCUT2D eigenvalue weighted by molar-refractivity contribution is 6.04. The third-order valence-electron chi connectivity index (χ3n) is 4.12. The number of hydrogen-bond donors (Lipinski definition) is 1. The lowest BCUT2D eigenvalue weighted by Crippen LogP contribution is -2.35. The Hall–Kier alpha value is -2.37. The van der Waals surface area contributed by atoms with Gasteiger partial charge in [-0.1, -0.05) is 18.2 Å². The van der Waals surface area contributed by atoms with Crippen LogP contribution in [0.15, 0.2) is 48.5 Å². The number of anilines is 1. The molecular weight excluding hydrogens is 304 g/mol. The van der Waals surface area contributed by atoms with Crippen molar-refractivity contribution in [1.29, 1.82) is 0 Å². The molecule has 1 fully saturated rings. The smallest absolute Gasteiger partial charge is 0.255 e. The Morgan fingerprint density at radius 1 is 1.25 bits per heavy atom. The van der Waals surface area contributed by atoms with Crippen molar-refractivity contribution in [3.8, 4) is 5.75 Å². The van der Waals surface area contributed by atoms with Gasteiger partial charge in [-0.15, -0.1) is 0 Å². The number of rotatable bonds is 4. The number of carbonyl (C=O) groups excluding carboxylic acids is 1. The van der Waals surface area contributed by atoms with Crippen molar-refractivity contribution in [2.75, 3.05) is 39.2 Å². The molecule has 0 saturated carbocycles. The van der Waals surface area contributed by atoms with Crippen molar-refractivity contribution in [1.82, 2.24) is 4.90 Å². The van der Waals surface area contributed by atoms with E-state index < -0.39 is 0 Å². The molecule has 1 saturated heterocycles. The predicted molar refractivity (Wildman–Crippen MR) is 93.6 cm³/mol. The molecule has 126 valence electrons. The number of nitrogens with zero attached hydrogens (tertiary/aromatic N) is 1. The summed E-state index contributed by atoms with van der Waals surface area (Å²) >= 11 is 0. The van der Waals surface area contributed by atoms with E-state index in [1.54, 1.807) is 25.3 Å². The molecule has 1 unspecified atom stereocenters. The summed E-state index contributed by atoms with van der Waals surface area (Å²) in [4.78, 5) is 14.7. The fraction of sp³-hybridized carbons (Fsp3) is 0.316. The molecule has 1 heterocycles. The van der Waals surface area contributed by atoms with Crippen LogP contribution in [0.3, 0.4) is 0 Å². The van der Waals surface area contributed by atoms with E-state index in [9.17, 15) is 4.79 Å². The van der Waals surface area contributed by atoms with Gasteiger partial charge in [0.2, 0.25) is 0 Å². The number of nitrogens with one attached hydrogen (secondary N) is 1. The molecule has 2 aromatic rings. The molecule has 0 radical (unpaired) electrons. The Morgan fingerprint density at radius 3 is 2.88 bits per heavy atom. The minimum absolute atomic E-state index is 0.0393. The highest BCUT2D eigenvalue weighted by Crippen LogP contribution is 2.24. The molecule has 1 aliphatic heterocycles. The quantitative estimate of drug-likeness (QED) is 0.938. The number of carbonyl (C=O) groups is 1. The van der Waals surface area contributed by atoms with Gasteiger partial charge < -0.3 is 19.7 Å². The second-order valence-corrected chi connectivity index (χ2v) is 5.93. The predicted octanol–water partition coefficient (Wildman–Crippen LogP) is 2.95. The standard InChI is InChI=1S/C19H22N2O3/c1-21-9-10-24-18(13-21)14-5-3-7-16(11-14)20-19(22)15-6-4-8-17(12-15)23-2/h3-8,11-12,18H,9-10,13H2,1-2H3,(H,20,22). The second kappa shape index (κ2) is 7.47. The summed E-state index contributed by atoms with van der Waals surface area (Å²) in [6, 6.07) is 14.9. The van der Waals surface area contributed by atoms with E-state index in [0.717, 1.165) is 30.9 Å². The zero-order chi connectivity index (χ0) is 16.9. The first-order chi connectivity index (χ1) is 11.7. The second-order valence-electron chi connectivity index (χ2n) is 5.93.